The number of nitrogens with one attached hydrogen (secondary N) is 2. The van der Waals surface area contributed by atoms with E-state index in [-0.39, 0.29) is 17.6 Å². The molecule has 0 unspecified atom stereocenters. The first-order valence-corrected chi connectivity index (χ1v) is 11.1. The van der Waals surface area contributed by atoms with Crippen LogP contribution >= 0.6 is 50.9 Å². The summed E-state index contributed by atoms with van der Waals surface area (Å²) in [5, 5.41) is 15.9. The SMILES string of the molecule is COc1ccc(Br)cc1/C=N/Nc1nnc(SCC(=O)Nc2cc(Cl)cc(Cl)c2)n1N. The fourth-order valence-electron chi connectivity index (χ4n) is 2.37. The van der Waals surface area contributed by atoms with E-state index in [0.29, 0.717) is 26.6 Å². The monoisotopic (exact) mass is 543 g/mol. The minimum absolute atomic E-state index is 0.0535. The van der Waals surface area contributed by atoms with Gasteiger partial charge in [0.1, 0.15) is 5.75 Å². The van der Waals surface area contributed by atoms with E-state index in [0.717, 1.165) is 21.8 Å². The molecule has 0 radical (unpaired) electrons. The number of amides is 1. The zero-order valence-corrected chi connectivity index (χ0v) is 19.9. The van der Waals surface area contributed by atoms with Crippen LogP contribution in [-0.2, 0) is 4.79 Å². The maximum atomic E-state index is 12.2. The molecule has 1 amide bonds. The van der Waals surface area contributed by atoms with Gasteiger partial charge in [-0.25, -0.2) is 10.1 Å². The van der Waals surface area contributed by atoms with Crippen LogP contribution in [0, 0.1) is 0 Å². The van der Waals surface area contributed by atoms with Crippen LogP contribution in [0.15, 0.2) is 51.1 Å². The smallest absolute Gasteiger partial charge is 0.264 e. The molecule has 0 bridgehead atoms. The molecule has 0 aliphatic rings. The second-order valence-electron chi connectivity index (χ2n) is 5.93. The largest absolute Gasteiger partial charge is 0.496 e. The van der Waals surface area contributed by atoms with Crippen LogP contribution in [0.3, 0.4) is 0 Å². The molecule has 0 spiro atoms. The number of hydrogen-bond acceptors (Lipinski definition) is 8. The first kappa shape index (κ1) is 23.2. The molecule has 13 heteroatoms. The molecular weight excluding hydrogens is 529 g/mol. The van der Waals surface area contributed by atoms with Gasteiger partial charge in [-0.15, -0.1) is 10.2 Å². The summed E-state index contributed by atoms with van der Waals surface area (Å²) in [7, 11) is 1.57. The van der Waals surface area contributed by atoms with Crippen LogP contribution < -0.4 is 21.3 Å². The van der Waals surface area contributed by atoms with Crippen molar-refractivity contribution in [3.63, 3.8) is 0 Å². The highest BCUT2D eigenvalue weighted by molar-refractivity contribution is 9.10. The van der Waals surface area contributed by atoms with Gasteiger partial charge in [-0.05, 0) is 36.4 Å². The molecule has 3 aromatic rings. The van der Waals surface area contributed by atoms with Crippen molar-refractivity contribution >= 4 is 74.7 Å². The molecule has 0 saturated carbocycles. The lowest BCUT2D eigenvalue weighted by atomic mass is 10.2. The van der Waals surface area contributed by atoms with Gasteiger partial charge >= 0.3 is 0 Å². The van der Waals surface area contributed by atoms with Crippen molar-refractivity contribution in [3.8, 4) is 5.75 Å². The number of aromatic nitrogens is 3. The number of rotatable bonds is 8. The summed E-state index contributed by atoms with van der Waals surface area (Å²) in [5.74, 6) is 6.62. The van der Waals surface area contributed by atoms with Crippen molar-refractivity contribution in [1.29, 1.82) is 0 Å². The van der Waals surface area contributed by atoms with Gasteiger partial charge in [0.25, 0.3) is 5.95 Å². The van der Waals surface area contributed by atoms with Crippen LogP contribution in [0.5, 0.6) is 5.75 Å². The zero-order valence-electron chi connectivity index (χ0n) is 16.0. The maximum absolute atomic E-state index is 12.2. The van der Waals surface area contributed by atoms with Crippen molar-refractivity contribution in [2.24, 2.45) is 5.10 Å². The van der Waals surface area contributed by atoms with Crippen LogP contribution in [-0.4, -0.2) is 39.9 Å². The van der Waals surface area contributed by atoms with E-state index < -0.39 is 0 Å². The second-order valence-corrected chi connectivity index (χ2v) is 8.66. The maximum Gasteiger partial charge on any atom is 0.264 e. The van der Waals surface area contributed by atoms with Gasteiger partial charge in [0.05, 0.1) is 19.1 Å². The van der Waals surface area contributed by atoms with E-state index in [4.69, 9.17) is 33.8 Å². The summed E-state index contributed by atoms with van der Waals surface area (Å²) in [4.78, 5) is 12.2. The normalized spacial score (nSPS) is 11.0. The minimum atomic E-state index is -0.277. The number of nitrogens with zero attached hydrogens (tertiary/aromatic N) is 4. The fourth-order valence-corrected chi connectivity index (χ4v) is 3.93. The number of hydrazone groups is 1. The third kappa shape index (κ3) is 6.50. The number of nitrogen functional groups attached to an aromatic ring is 1. The Kier molecular flexibility index (Phi) is 8.02. The van der Waals surface area contributed by atoms with E-state index in [9.17, 15) is 4.79 Å². The predicted octanol–water partition coefficient (Wildman–Crippen LogP) is 4.25. The Bertz CT molecular complexity index is 1110. The molecule has 1 heterocycles. The standard InChI is InChI=1S/C18H16BrCl2N7O2S/c1-30-15-3-2-11(19)4-10(15)8-23-25-17-26-27-18(28(17)22)31-9-16(29)24-14-6-12(20)5-13(21)7-14/h2-8H,9,22H2,1H3,(H,24,29)(H,25,26)/b23-8+. The zero-order chi connectivity index (χ0) is 22.4. The number of thioether (sulfide) groups is 1. The summed E-state index contributed by atoms with van der Waals surface area (Å²) >= 11 is 16.4. The number of ether oxygens (including phenoxy) is 1. The third-order valence-electron chi connectivity index (χ3n) is 3.70. The molecule has 31 heavy (non-hydrogen) atoms. The fraction of sp³-hybridized carbons (Fsp3) is 0.111. The van der Waals surface area contributed by atoms with Crippen molar-refractivity contribution in [3.05, 3.63) is 56.5 Å². The lowest BCUT2D eigenvalue weighted by Gasteiger charge is -2.06. The summed E-state index contributed by atoms with van der Waals surface area (Å²) in [6, 6.07) is 10.3. The number of benzene rings is 2. The Hall–Kier alpha value is -2.47. The molecule has 4 N–H and O–H groups in total. The molecule has 162 valence electrons. The molecule has 0 aliphatic heterocycles. The highest BCUT2D eigenvalue weighted by Gasteiger charge is 2.12. The van der Waals surface area contributed by atoms with E-state index in [1.54, 1.807) is 31.5 Å². The molecule has 2 aromatic carbocycles. The van der Waals surface area contributed by atoms with Gasteiger partial charge in [0, 0.05) is 25.8 Å². The van der Waals surface area contributed by atoms with E-state index in [2.05, 4.69) is 42.0 Å². The Morgan fingerprint density at radius 1 is 1.29 bits per heavy atom. The number of carbonyl (C=O) groups is 1. The highest BCUT2D eigenvalue weighted by Crippen LogP contribution is 2.24. The average Bonchev–Trinajstić information content (AvgIpc) is 3.05. The lowest BCUT2D eigenvalue weighted by Crippen LogP contribution is -2.16. The molecule has 9 nitrogen and oxygen atoms in total. The summed E-state index contributed by atoms with van der Waals surface area (Å²) in [6.45, 7) is 0. The first-order valence-electron chi connectivity index (χ1n) is 8.57. The second kappa shape index (κ2) is 10.7. The van der Waals surface area contributed by atoms with Gasteiger partial charge in [-0.2, -0.15) is 5.10 Å². The number of methoxy groups -OCH3 is 1. The van der Waals surface area contributed by atoms with Gasteiger partial charge in [-0.3, -0.25) is 4.79 Å². The molecule has 0 saturated heterocycles. The van der Waals surface area contributed by atoms with Crippen molar-refractivity contribution in [2.75, 3.05) is 29.4 Å². The van der Waals surface area contributed by atoms with Gasteiger partial charge in [0.15, 0.2) is 0 Å². The Labute approximate surface area is 200 Å². The van der Waals surface area contributed by atoms with Crippen molar-refractivity contribution in [2.45, 2.75) is 5.16 Å². The molecule has 0 atom stereocenters. The molecule has 3 rings (SSSR count). The Morgan fingerprint density at radius 3 is 2.74 bits per heavy atom. The topological polar surface area (TPSA) is 119 Å². The number of carbonyl (C=O) groups excluding carboxylic acids is 1. The number of nitrogens with two attached hydrogens (primary N) is 1. The molecule has 0 aliphatic carbocycles. The van der Waals surface area contributed by atoms with Gasteiger partial charge < -0.3 is 15.9 Å². The van der Waals surface area contributed by atoms with Crippen molar-refractivity contribution in [1.82, 2.24) is 14.9 Å². The van der Waals surface area contributed by atoms with E-state index in [1.807, 2.05) is 18.2 Å². The lowest BCUT2D eigenvalue weighted by molar-refractivity contribution is -0.113. The molecular formula is C18H16BrCl2N7O2S. The quantitative estimate of drug-likeness (QED) is 0.168. The van der Waals surface area contributed by atoms with Crippen molar-refractivity contribution < 1.29 is 9.53 Å². The number of hydrogen-bond donors (Lipinski definition) is 3. The van der Waals surface area contributed by atoms with Crippen LogP contribution in [0.25, 0.3) is 0 Å². The summed E-state index contributed by atoms with van der Waals surface area (Å²) in [6.07, 6.45) is 1.56. The van der Waals surface area contributed by atoms with Crippen LogP contribution in [0.1, 0.15) is 5.56 Å². The van der Waals surface area contributed by atoms with Gasteiger partial charge in [0.2, 0.25) is 11.1 Å². The molecule has 1 aromatic heterocycles. The predicted molar refractivity (Wildman–Crippen MR) is 128 cm³/mol. The Morgan fingerprint density at radius 2 is 2.03 bits per heavy atom. The van der Waals surface area contributed by atoms with E-state index >= 15 is 0 Å². The van der Waals surface area contributed by atoms with Gasteiger partial charge in [-0.1, -0.05) is 50.9 Å². The van der Waals surface area contributed by atoms with Crippen LogP contribution in [0.4, 0.5) is 11.6 Å². The Balaban J connectivity index is 1.57. The third-order valence-corrected chi connectivity index (χ3v) is 5.58. The summed E-state index contributed by atoms with van der Waals surface area (Å²) in [5.41, 5.74) is 3.96. The minimum Gasteiger partial charge on any atom is -0.496 e. The number of anilines is 2. The first-order chi connectivity index (χ1) is 14.9. The summed E-state index contributed by atoms with van der Waals surface area (Å²) < 4.78 is 7.37. The molecule has 0 fully saturated rings. The van der Waals surface area contributed by atoms with E-state index in [1.165, 1.54) is 4.68 Å². The van der Waals surface area contributed by atoms with Crippen LogP contribution in [0.2, 0.25) is 10.0 Å². The average molecular weight is 545 g/mol. The number of halogens is 3. The highest BCUT2D eigenvalue weighted by atomic mass is 79.9.